The molecule has 0 aliphatic carbocycles. The van der Waals surface area contributed by atoms with Crippen LogP contribution in [-0.2, 0) is 4.79 Å². The maximum absolute atomic E-state index is 12.5. The molecule has 0 radical (unpaired) electrons. The smallest absolute Gasteiger partial charge is 0.326 e. The largest absolute Gasteiger partial charge is 0.497 e. The molecule has 2 aromatic rings. The number of methoxy groups -OCH3 is 1. The van der Waals surface area contributed by atoms with Gasteiger partial charge in [-0.05, 0) is 48.4 Å². The Labute approximate surface area is 139 Å². The number of carboxylic acids is 1. The van der Waals surface area contributed by atoms with E-state index < -0.39 is 12.0 Å². The van der Waals surface area contributed by atoms with Gasteiger partial charge in [-0.3, -0.25) is 4.79 Å². The van der Waals surface area contributed by atoms with Gasteiger partial charge in [0.1, 0.15) is 11.8 Å². The van der Waals surface area contributed by atoms with Crippen LogP contribution in [0.2, 0.25) is 0 Å². The van der Waals surface area contributed by atoms with Crippen LogP contribution in [0, 0.1) is 12.8 Å². The van der Waals surface area contributed by atoms with Crippen molar-refractivity contribution in [2.45, 2.75) is 33.2 Å². The van der Waals surface area contributed by atoms with Gasteiger partial charge < -0.3 is 15.2 Å². The standard InChI is InChI=1S/C17H21NO4S/c1-9(2)7-13(17(20)21)18-16(19)15-10(3)12-8-11(22-4)5-6-14(12)23-15/h5-6,8-9,13H,7H2,1-4H3,(H,18,19)(H,20,21). The van der Waals surface area contributed by atoms with Crippen LogP contribution in [0.4, 0.5) is 0 Å². The van der Waals surface area contributed by atoms with Gasteiger partial charge in [0.15, 0.2) is 0 Å². The number of benzene rings is 1. The number of hydrogen-bond acceptors (Lipinski definition) is 4. The van der Waals surface area contributed by atoms with Crippen LogP contribution in [0.15, 0.2) is 18.2 Å². The lowest BCUT2D eigenvalue weighted by Crippen LogP contribution is -2.41. The van der Waals surface area contributed by atoms with Crippen molar-refractivity contribution in [2.24, 2.45) is 5.92 Å². The Balaban J connectivity index is 2.30. The molecular formula is C17H21NO4S. The van der Waals surface area contributed by atoms with E-state index in [0.717, 1.165) is 21.4 Å². The lowest BCUT2D eigenvalue weighted by Gasteiger charge is -2.16. The summed E-state index contributed by atoms with van der Waals surface area (Å²) in [6, 6.07) is 4.77. The number of amides is 1. The number of thiophene rings is 1. The van der Waals surface area contributed by atoms with Gasteiger partial charge in [-0.2, -0.15) is 0 Å². The molecule has 2 rings (SSSR count). The van der Waals surface area contributed by atoms with Crippen molar-refractivity contribution >= 4 is 33.3 Å². The van der Waals surface area contributed by atoms with Crippen molar-refractivity contribution in [1.82, 2.24) is 5.32 Å². The van der Waals surface area contributed by atoms with E-state index >= 15 is 0 Å². The van der Waals surface area contributed by atoms with Gasteiger partial charge in [0.05, 0.1) is 12.0 Å². The number of nitrogens with one attached hydrogen (secondary N) is 1. The Morgan fingerprint density at radius 1 is 1.35 bits per heavy atom. The molecule has 124 valence electrons. The second-order valence-electron chi connectivity index (χ2n) is 5.91. The zero-order chi connectivity index (χ0) is 17.1. The SMILES string of the molecule is COc1ccc2sc(C(=O)NC(CC(C)C)C(=O)O)c(C)c2c1. The number of carboxylic acid groups (broad SMARTS) is 1. The highest BCUT2D eigenvalue weighted by Gasteiger charge is 2.24. The first-order valence-electron chi connectivity index (χ1n) is 7.44. The minimum atomic E-state index is -1.01. The normalized spacial score (nSPS) is 12.4. The monoisotopic (exact) mass is 335 g/mol. The van der Waals surface area contributed by atoms with Crippen LogP contribution in [-0.4, -0.2) is 30.1 Å². The molecule has 1 aromatic carbocycles. The fraction of sp³-hybridized carbons (Fsp3) is 0.412. The molecule has 6 heteroatoms. The maximum Gasteiger partial charge on any atom is 0.326 e. The van der Waals surface area contributed by atoms with Crippen LogP contribution < -0.4 is 10.1 Å². The summed E-state index contributed by atoms with van der Waals surface area (Å²) in [5, 5.41) is 12.9. The predicted molar refractivity (Wildman–Crippen MR) is 91.5 cm³/mol. The van der Waals surface area contributed by atoms with Gasteiger partial charge in [0.25, 0.3) is 5.91 Å². The van der Waals surface area contributed by atoms with Crippen LogP contribution in [0.1, 0.15) is 35.5 Å². The Morgan fingerprint density at radius 2 is 2.04 bits per heavy atom. The quantitative estimate of drug-likeness (QED) is 0.848. The molecule has 0 saturated carbocycles. The average Bonchev–Trinajstić information content (AvgIpc) is 2.82. The first kappa shape index (κ1) is 17.3. The van der Waals surface area contributed by atoms with Crippen molar-refractivity contribution in [3.8, 4) is 5.75 Å². The topological polar surface area (TPSA) is 75.6 Å². The van der Waals surface area contributed by atoms with Crippen molar-refractivity contribution in [3.63, 3.8) is 0 Å². The number of aryl methyl sites for hydroxylation is 1. The molecule has 0 saturated heterocycles. The zero-order valence-corrected chi connectivity index (χ0v) is 14.5. The molecule has 0 aliphatic rings. The van der Waals surface area contributed by atoms with E-state index in [4.69, 9.17) is 4.74 Å². The van der Waals surface area contributed by atoms with E-state index in [-0.39, 0.29) is 11.8 Å². The highest BCUT2D eigenvalue weighted by molar-refractivity contribution is 7.21. The maximum atomic E-state index is 12.5. The molecule has 1 amide bonds. The van der Waals surface area contributed by atoms with Crippen LogP contribution >= 0.6 is 11.3 Å². The molecule has 1 aromatic heterocycles. The first-order chi connectivity index (χ1) is 10.8. The lowest BCUT2D eigenvalue weighted by molar-refractivity contribution is -0.139. The van der Waals surface area contributed by atoms with E-state index in [1.807, 2.05) is 39.0 Å². The summed E-state index contributed by atoms with van der Waals surface area (Å²) in [5.74, 6) is -0.430. The molecule has 0 bridgehead atoms. The third-order valence-corrected chi connectivity index (χ3v) is 4.93. The number of rotatable bonds is 6. The number of fused-ring (bicyclic) bond motifs is 1. The third kappa shape index (κ3) is 3.82. The van der Waals surface area contributed by atoms with Gasteiger partial charge in [-0.1, -0.05) is 13.8 Å². The number of hydrogen-bond donors (Lipinski definition) is 2. The van der Waals surface area contributed by atoms with E-state index in [2.05, 4.69) is 5.32 Å². The summed E-state index contributed by atoms with van der Waals surface area (Å²) < 4.78 is 6.19. The van der Waals surface area contributed by atoms with Crippen molar-refractivity contribution in [3.05, 3.63) is 28.6 Å². The summed E-state index contributed by atoms with van der Waals surface area (Å²) in [4.78, 5) is 24.3. The average molecular weight is 335 g/mol. The second kappa shape index (κ2) is 7.00. The first-order valence-corrected chi connectivity index (χ1v) is 8.26. The van der Waals surface area contributed by atoms with Gasteiger partial charge in [0, 0.05) is 4.70 Å². The second-order valence-corrected chi connectivity index (χ2v) is 6.96. The third-order valence-electron chi connectivity index (χ3n) is 3.66. The highest BCUT2D eigenvalue weighted by Crippen LogP contribution is 2.33. The molecule has 0 spiro atoms. The fourth-order valence-corrected chi connectivity index (χ4v) is 3.55. The molecule has 1 heterocycles. The fourth-order valence-electron chi connectivity index (χ4n) is 2.46. The predicted octanol–water partition coefficient (Wildman–Crippen LogP) is 3.45. The Kier molecular flexibility index (Phi) is 5.26. The van der Waals surface area contributed by atoms with Crippen molar-refractivity contribution < 1.29 is 19.4 Å². The van der Waals surface area contributed by atoms with Gasteiger partial charge >= 0.3 is 5.97 Å². The number of ether oxygens (including phenoxy) is 1. The van der Waals surface area contributed by atoms with Gasteiger partial charge in [0.2, 0.25) is 0 Å². The Hall–Kier alpha value is -2.08. The van der Waals surface area contributed by atoms with E-state index in [0.29, 0.717) is 11.3 Å². The summed E-state index contributed by atoms with van der Waals surface area (Å²) in [5.41, 5.74) is 0.843. The number of aliphatic carboxylic acids is 1. The minimum absolute atomic E-state index is 0.184. The molecular weight excluding hydrogens is 314 g/mol. The molecule has 5 nitrogen and oxygen atoms in total. The Morgan fingerprint density at radius 3 is 2.61 bits per heavy atom. The summed E-state index contributed by atoms with van der Waals surface area (Å²) in [7, 11) is 1.60. The number of carbonyl (C=O) groups excluding carboxylic acids is 1. The summed E-state index contributed by atoms with van der Waals surface area (Å²) in [6.07, 6.45) is 0.402. The summed E-state index contributed by atoms with van der Waals surface area (Å²) >= 11 is 1.36. The molecule has 23 heavy (non-hydrogen) atoms. The van der Waals surface area contributed by atoms with Crippen LogP contribution in [0.25, 0.3) is 10.1 Å². The molecule has 1 atom stereocenters. The number of carbonyl (C=O) groups is 2. The summed E-state index contributed by atoms with van der Waals surface area (Å²) in [6.45, 7) is 5.73. The van der Waals surface area contributed by atoms with Crippen molar-refractivity contribution in [1.29, 1.82) is 0 Å². The van der Waals surface area contributed by atoms with Crippen LogP contribution in [0.3, 0.4) is 0 Å². The molecule has 0 aliphatic heterocycles. The van der Waals surface area contributed by atoms with Crippen LogP contribution in [0.5, 0.6) is 5.75 Å². The van der Waals surface area contributed by atoms with Gasteiger partial charge in [-0.15, -0.1) is 11.3 Å². The van der Waals surface area contributed by atoms with Crippen molar-refractivity contribution in [2.75, 3.05) is 7.11 Å². The van der Waals surface area contributed by atoms with Gasteiger partial charge in [-0.25, -0.2) is 4.79 Å². The molecule has 1 unspecified atom stereocenters. The lowest BCUT2D eigenvalue weighted by atomic mass is 10.0. The molecule has 2 N–H and O–H groups in total. The van der Waals surface area contributed by atoms with E-state index in [1.165, 1.54) is 11.3 Å². The van der Waals surface area contributed by atoms with E-state index in [9.17, 15) is 14.7 Å². The Bertz CT molecular complexity index is 736. The van der Waals surface area contributed by atoms with E-state index in [1.54, 1.807) is 7.11 Å². The zero-order valence-electron chi connectivity index (χ0n) is 13.7. The minimum Gasteiger partial charge on any atom is -0.497 e. The highest BCUT2D eigenvalue weighted by atomic mass is 32.1. The molecule has 0 fully saturated rings.